The molecule has 0 radical (unpaired) electrons. The lowest BCUT2D eigenvalue weighted by Gasteiger charge is -2.16. The molecule has 0 saturated heterocycles. The third-order valence-corrected chi connectivity index (χ3v) is 2.61. The molecule has 2 aromatic rings. The number of rotatable bonds is 4. The lowest BCUT2D eigenvalue weighted by molar-refractivity contribution is 0.0851. The number of ether oxygens (including phenoxy) is 1. The van der Waals surface area contributed by atoms with Gasteiger partial charge >= 0.3 is 0 Å². The first kappa shape index (κ1) is 13.1. The van der Waals surface area contributed by atoms with E-state index in [-0.39, 0.29) is 0 Å². The van der Waals surface area contributed by atoms with E-state index in [2.05, 4.69) is 0 Å². The highest BCUT2D eigenvalue weighted by atomic mass is 16.5. The summed E-state index contributed by atoms with van der Waals surface area (Å²) in [6, 6.07) is 15.5. The quantitative estimate of drug-likeness (QED) is 0.676. The van der Waals surface area contributed by atoms with Gasteiger partial charge in [-0.2, -0.15) is 5.06 Å². The van der Waals surface area contributed by atoms with Gasteiger partial charge in [-0.25, -0.2) is 0 Å². The SMILES string of the molecule is CCOc1ccccc1C(=O)N(O)c1ccccc1. The fourth-order valence-corrected chi connectivity index (χ4v) is 1.73. The minimum Gasteiger partial charge on any atom is -0.493 e. The lowest BCUT2D eigenvalue weighted by atomic mass is 10.1. The average molecular weight is 257 g/mol. The molecule has 4 nitrogen and oxygen atoms in total. The van der Waals surface area contributed by atoms with Crippen LogP contribution in [0.1, 0.15) is 17.3 Å². The number of para-hydroxylation sites is 2. The zero-order valence-corrected chi connectivity index (χ0v) is 10.6. The van der Waals surface area contributed by atoms with Crippen LogP contribution in [-0.4, -0.2) is 17.7 Å². The number of benzene rings is 2. The standard InChI is InChI=1S/C15H15NO3/c1-2-19-14-11-7-6-10-13(14)15(17)16(18)12-8-4-3-5-9-12/h3-11,18H,2H2,1H3. The maximum atomic E-state index is 12.2. The second kappa shape index (κ2) is 6.02. The van der Waals surface area contributed by atoms with Crippen molar-refractivity contribution < 1.29 is 14.7 Å². The van der Waals surface area contributed by atoms with Crippen LogP contribution in [0.2, 0.25) is 0 Å². The van der Waals surface area contributed by atoms with Crippen molar-refractivity contribution in [1.82, 2.24) is 0 Å². The highest BCUT2D eigenvalue weighted by Gasteiger charge is 2.19. The third-order valence-electron chi connectivity index (χ3n) is 2.61. The highest BCUT2D eigenvalue weighted by molar-refractivity contribution is 6.06. The van der Waals surface area contributed by atoms with Crippen molar-refractivity contribution in [3.8, 4) is 5.75 Å². The van der Waals surface area contributed by atoms with Gasteiger partial charge in [0.2, 0.25) is 0 Å². The van der Waals surface area contributed by atoms with Crippen LogP contribution in [0.25, 0.3) is 0 Å². The molecule has 0 fully saturated rings. The maximum Gasteiger partial charge on any atom is 0.285 e. The molecule has 0 aromatic heterocycles. The molecule has 0 aliphatic carbocycles. The Morgan fingerprint density at radius 2 is 1.74 bits per heavy atom. The van der Waals surface area contributed by atoms with Crippen LogP contribution in [0.15, 0.2) is 54.6 Å². The molecule has 0 heterocycles. The Balaban J connectivity index is 2.29. The summed E-state index contributed by atoms with van der Waals surface area (Å²) in [4.78, 5) is 12.2. The number of anilines is 1. The monoisotopic (exact) mass is 257 g/mol. The van der Waals surface area contributed by atoms with Gasteiger partial charge in [0.15, 0.2) is 0 Å². The van der Waals surface area contributed by atoms with Crippen molar-refractivity contribution in [1.29, 1.82) is 0 Å². The highest BCUT2D eigenvalue weighted by Crippen LogP contribution is 2.22. The number of hydroxylamine groups is 1. The molecule has 0 atom stereocenters. The minimum absolute atomic E-state index is 0.329. The van der Waals surface area contributed by atoms with E-state index in [1.165, 1.54) is 0 Å². The molecule has 0 aliphatic rings. The van der Waals surface area contributed by atoms with Gasteiger partial charge in [0.1, 0.15) is 5.75 Å². The molecular formula is C15H15NO3. The predicted molar refractivity (Wildman–Crippen MR) is 72.6 cm³/mol. The number of carbonyl (C=O) groups excluding carboxylic acids is 1. The summed E-state index contributed by atoms with van der Waals surface area (Å²) in [5.41, 5.74) is 0.745. The van der Waals surface area contributed by atoms with E-state index in [9.17, 15) is 10.0 Å². The minimum atomic E-state index is -0.518. The molecule has 19 heavy (non-hydrogen) atoms. The second-order valence-corrected chi connectivity index (χ2v) is 3.88. The topological polar surface area (TPSA) is 49.8 Å². The summed E-state index contributed by atoms with van der Waals surface area (Å²) < 4.78 is 5.39. The Hall–Kier alpha value is -2.33. The van der Waals surface area contributed by atoms with E-state index < -0.39 is 5.91 Å². The van der Waals surface area contributed by atoms with Crippen LogP contribution < -0.4 is 9.80 Å². The molecule has 98 valence electrons. The van der Waals surface area contributed by atoms with E-state index in [1.54, 1.807) is 48.5 Å². The van der Waals surface area contributed by atoms with E-state index in [1.807, 2.05) is 13.0 Å². The first-order chi connectivity index (χ1) is 9.24. The molecule has 2 aromatic carbocycles. The number of hydrogen-bond donors (Lipinski definition) is 1. The Morgan fingerprint density at radius 1 is 1.11 bits per heavy atom. The molecule has 0 aliphatic heterocycles. The van der Waals surface area contributed by atoms with Crippen molar-refractivity contribution in [2.45, 2.75) is 6.92 Å². The van der Waals surface area contributed by atoms with Crippen molar-refractivity contribution in [3.63, 3.8) is 0 Å². The van der Waals surface area contributed by atoms with Gasteiger partial charge in [0.05, 0.1) is 17.9 Å². The smallest absolute Gasteiger partial charge is 0.285 e. The fourth-order valence-electron chi connectivity index (χ4n) is 1.73. The van der Waals surface area contributed by atoms with E-state index >= 15 is 0 Å². The molecule has 0 bridgehead atoms. The van der Waals surface area contributed by atoms with Crippen LogP contribution in [0.4, 0.5) is 5.69 Å². The van der Waals surface area contributed by atoms with Gasteiger partial charge in [-0.05, 0) is 31.2 Å². The Bertz CT molecular complexity index is 554. The van der Waals surface area contributed by atoms with Gasteiger partial charge in [-0.3, -0.25) is 10.0 Å². The lowest BCUT2D eigenvalue weighted by Crippen LogP contribution is -2.27. The van der Waals surface area contributed by atoms with Gasteiger partial charge in [-0.1, -0.05) is 30.3 Å². The Kier molecular flexibility index (Phi) is 4.15. The number of hydrogen-bond acceptors (Lipinski definition) is 3. The average Bonchev–Trinajstić information content (AvgIpc) is 2.47. The zero-order valence-electron chi connectivity index (χ0n) is 10.6. The molecule has 0 spiro atoms. The van der Waals surface area contributed by atoms with Crippen LogP contribution in [-0.2, 0) is 0 Å². The molecule has 1 amide bonds. The van der Waals surface area contributed by atoms with Crippen molar-refractivity contribution >= 4 is 11.6 Å². The zero-order chi connectivity index (χ0) is 13.7. The first-order valence-electron chi connectivity index (χ1n) is 6.04. The van der Waals surface area contributed by atoms with Crippen LogP contribution in [0.3, 0.4) is 0 Å². The predicted octanol–water partition coefficient (Wildman–Crippen LogP) is 3.12. The van der Waals surface area contributed by atoms with Crippen molar-refractivity contribution in [2.75, 3.05) is 11.7 Å². The molecule has 0 saturated carbocycles. The summed E-state index contributed by atoms with van der Waals surface area (Å²) in [5, 5.41) is 10.6. The van der Waals surface area contributed by atoms with Crippen LogP contribution in [0.5, 0.6) is 5.75 Å². The number of carbonyl (C=O) groups is 1. The van der Waals surface area contributed by atoms with Crippen molar-refractivity contribution in [3.05, 3.63) is 60.2 Å². The number of amides is 1. The van der Waals surface area contributed by atoms with Gasteiger partial charge < -0.3 is 4.74 Å². The van der Waals surface area contributed by atoms with Crippen LogP contribution in [0, 0.1) is 0 Å². The fraction of sp³-hybridized carbons (Fsp3) is 0.133. The molecule has 1 N–H and O–H groups in total. The van der Waals surface area contributed by atoms with E-state index in [0.717, 1.165) is 0 Å². The maximum absolute atomic E-state index is 12.2. The number of nitrogens with zero attached hydrogens (tertiary/aromatic N) is 1. The van der Waals surface area contributed by atoms with Crippen molar-refractivity contribution in [2.24, 2.45) is 0 Å². The second-order valence-electron chi connectivity index (χ2n) is 3.88. The molecule has 0 unspecified atom stereocenters. The summed E-state index contributed by atoms with van der Waals surface area (Å²) in [6.45, 7) is 2.30. The first-order valence-corrected chi connectivity index (χ1v) is 6.04. The Labute approximate surface area is 111 Å². The molecular weight excluding hydrogens is 242 g/mol. The van der Waals surface area contributed by atoms with Crippen LogP contribution >= 0.6 is 0 Å². The summed E-state index contributed by atoms with van der Waals surface area (Å²) in [6.07, 6.45) is 0. The van der Waals surface area contributed by atoms with Gasteiger partial charge in [0.25, 0.3) is 5.91 Å². The van der Waals surface area contributed by atoms with Gasteiger partial charge in [0, 0.05) is 0 Å². The van der Waals surface area contributed by atoms with Gasteiger partial charge in [-0.15, -0.1) is 0 Å². The molecule has 4 heteroatoms. The Morgan fingerprint density at radius 3 is 2.42 bits per heavy atom. The molecule has 2 rings (SSSR count). The largest absolute Gasteiger partial charge is 0.493 e. The summed E-state index contributed by atoms with van der Waals surface area (Å²) in [5.74, 6) is -0.0553. The third kappa shape index (κ3) is 2.92. The van der Waals surface area contributed by atoms with E-state index in [0.29, 0.717) is 28.7 Å². The van der Waals surface area contributed by atoms with E-state index in [4.69, 9.17) is 4.74 Å². The summed E-state index contributed by atoms with van der Waals surface area (Å²) >= 11 is 0. The normalized spacial score (nSPS) is 10.0. The summed E-state index contributed by atoms with van der Waals surface area (Å²) in [7, 11) is 0.